The lowest BCUT2D eigenvalue weighted by Crippen LogP contribution is -2.40. The fourth-order valence-corrected chi connectivity index (χ4v) is 6.31. The first-order valence-corrected chi connectivity index (χ1v) is 16.3. The minimum absolute atomic E-state index is 0.0117. The second-order valence-electron chi connectivity index (χ2n) is 10.3. The maximum absolute atomic E-state index is 15.0. The second-order valence-corrected chi connectivity index (χ2v) is 17.3. The summed E-state index contributed by atoms with van der Waals surface area (Å²) in [6, 6.07) is 14.8. The van der Waals surface area contributed by atoms with Crippen molar-refractivity contribution < 1.29 is 21.6 Å². The molecule has 0 aliphatic heterocycles. The smallest absolute Gasteiger partial charge is 0.264 e. The number of nitrogens with zero attached hydrogens (tertiary/aromatic N) is 1. The van der Waals surface area contributed by atoms with Crippen molar-refractivity contribution in [2.45, 2.75) is 63.4 Å². The van der Waals surface area contributed by atoms with Gasteiger partial charge in [-0.15, -0.1) is 0 Å². The Balaban J connectivity index is 2.13. The Hall–Kier alpha value is -2.26. The maximum Gasteiger partial charge on any atom is 0.264 e. The highest BCUT2D eigenvalue weighted by atomic mass is 35.5. The SMILES string of the molecule is C[C@H](c1ccccc1CO[Si](C)(C)C(C)(C)C)N(c1cc(F)ccc1F)S(=O)(=O)c1ccc(Cl)cc1. The van der Waals surface area contributed by atoms with Gasteiger partial charge in [0.25, 0.3) is 10.0 Å². The molecule has 9 heteroatoms. The van der Waals surface area contributed by atoms with E-state index in [1.54, 1.807) is 19.1 Å². The summed E-state index contributed by atoms with van der Waals surface area (Å²) in [5.74, 6) is -1.60. The highest BCUT2D eigenvalue weighted by Crippen LogP contribution is 2.39. The average molecular weight is 552 g/mol. The first-order chi connectivity index (χ1) is 16.6. The van der Waals surface area contributed by atoms with Crippen LogP contribution in [0.4, 0.5) is 14.5 Å². The third kappa shape index (κ3) is 5.99. The van der Waals surface area contributed by atoms with Crippen molar-refractivity contribution in [3.8, 4) is 0 Å². The predicted octanol–water partition coefficient (Wildman–Crippen LogP) is 8.10. The molecule has 3 rings (SSSR count). The van der Waals surface area contributed by atoms with Crippen LogP contribution >= 0.6 is 11.6 Å². The van der Waals surface area contributed by atoms with E-state index in [2.05, 4.69) is 33.9 Å². The van der Waals surface area contributed by atoms with Gasteiger partial charge in [-0.1, -0.05) is 56.6 Å². The summed E-state index contributed by atoms with van der Waals surface area (Å²) in [7, 11) is -6.41. The maximum atomic E-state index is 15.0. The van der Waals surface area contributed by atoms with Crippen LogP contribution in [-0.4, -0.2) is 16.7 Å². The number of sulfonamides is 1. The van der Waals surface area contributed by atoms with E-state index in [4.69, 9.17) is 16.0 Å². The molecular formula is C27H32ClF2NO3SSi. The number of anilines is 1. The standard InChI is InChI=1S/C27H32ClF2NO3SSi/c1-19(24-10-8-7-9-20(24)18-34-36(5,6)27(2,3)4)31(26-17-22(29)13-16-25(26)30)35(32,33)23-14-11-21(28)12-15-23/h7-17,19H,18H2,1-6H3/t19-/m1/s1. The Morgan fingerprint density at radius 3 is 2.22 bits per heavy atom. The average Bonchev–Trinajstić information content (AvgIpc) is 2.79. The molecule has 36 heavy (non-hydrogen) atoms. The van der Waals surface area contributed by atoms with Gasteiger partial charge in [0.15, 0.2) is 8.32 Å². The molecular weight excluding hydrogens is 520 g/mol. The molecule has 0 fully saturated rings. The highest BCUT2D eigenvalue weighted by Gasteiger charge is 2.38. The van der Waals surface area contributed by atoms with E-state index < -0.39 is 36.0 Å². The van der Waals surface area contributed by atoms with Crippen LogP contribution in [0.25, 0.3) is 0 Å². The van der Waals surface area contributed by atoms with Gasteiger partial charge in [-0.3, -0.25) is 4.31 Å². The highest BCUT2D eigenvalue weighted by molar-refractivity contribution is 7.92. The van der Waals surface area contributed by atoms with Gasteiger partial charge < -0.3 is 4.43 Å². The lowest BCUT2D eigenvalue weighted by atomic mass is 10.0. The Morgan fingerprint density at radius 1 is 1.00 bits per heavy atom. The topological polar surface area (TPSA) is 46.6 Å². The summed E-state index contributed by atoms with van der Waals surface area (Å²) >= 11 is 5.96. The van der Waals surface area contributed by atoms with Gasteiger partial charge in [-0.25, -0.2) is 17.2 Å². The summed E-state index contributed by atoms with van der Waals surface area (Å²) in [5.41, 5.74) is 1.04. The zero-order valence-electron chi connectivity index (χ0n) is 21.3. The Morgan fingerprint density at radius 2 is 1.61 bits per heavy atom. The lowest BCUT2D eigenvalue weighted by Gasteiger charge is -2.37. The van der Waals surface area contributed by atoms with Gasteiger partial charge in [0.1, 0.15) is 11.6 Å². The van der Waals surface area contributed by atoms with Crippen molar-refractivity contribution >= 4 is 35.6 Å². The summed E-state index contributed by atoms with van der Waals surface area (Å²) in [6.45, 7) is 12.6. The number of hydrogen-bond donors (Lipinski definition) is 0. The molecule has 194 valence electrons. The van der Waals surface area contributed by atoms with Crippen LogP contribution in [0.15, 0.2) is 71.6 Å². The fourth-order valence-electron chi connectivity index (χ4n) is 3.60. The molecule has 0 spiro atoms. The Kier molecular flexibility index (Phi) is 8.35. The van der Waals surface area contributed by atoms with Gasteiger partial charge in [0.2, 0.25) is 0 Å². The predicted molar refractivity (Wildman–Crippen MR) is 144 cm³/mol. The van der Waals surface area contributed by atoms with E-state index in [1.807, 2.05) is 12.1 Å². The van der Waals surface area contributed by atoms with Gasteiger partial charge in [-0.2, -0.15) is 0 Å². The molecule has 0 saturated heterocycles. The summed E-state index contributed by atoms with van der Waals surface area (Å²) in [4.78, 5) is -0.0857. The molecule has 3 aromatic carbocycles. The van der Waals surface area contributed by atoms with Crippen LogP contribution in [0, 0.1) is 11.6 Å². The summed E-state index contributed by atoms with van der Waals surface area (Å²) < 4.78 is 64.3. The lowest BCUT2D eigenvalue weighted by molar-refractivity contribution is 0.275. The molecule has 0 aliphatic rings. The van der Waals surface area contributed by atoms with E-state index in [-0.39, 0.29) is 22.2 Å². The van der Waals surface area contributed by atoms with Crippen molar-refractivity contribution in [2.24, 2.45) is 0 Å². The quantitative estimate of drug-likeness (QED) is 0.266. The number of rotatable bonds is 8. The van der Waals surface area contributed by atoms with Crippen LogP contribution in [-0.2, 0) is 21.1 Å². The van der Waals surface area contributed by atoms with Crippen LogP contribution in [0.5, 0.6) is 0 Å². The molecule has 0 saturated carbocycles. The zero-order valence-corrected chi connectivity index (χ0v) is 23.9. The molecule has 0 amide bonds. The molecule has 0 bridgehead atoms. The molecule has 3 aromatic rings. The fraction of sp³-hybridized carbons (Fsp3) is 0.333. The molecule has 4 nitrogen and oxygen atoms in total. The van der Waals surface area contributed by atoms with Crippen LogP contribution in [0.3, 0.4) is 0 Å². The van der Waals surface area contributed by atoms with Crippen LogP contribution < -0.4 is 4.31 Å². The third-order valence-corrected chi connectivity index (χ3v) is 13.4. The number of hydrogen-bond acceptors (Lipinski definition) is 3. The van der Waals surface area contributed by atoms with Crippen molar-refractivity contribution in [2.75, 3.05) is 4.31 Å². The van der Waals surface area contributed by atoms with E-state index in [0.29, 0.717) is 10.6 Å². The molecule has 0 N–H and O–H groups in total. The van der Waals surface area contributed by atoms with Gasteiger partial charge in [0, 0.05) is 11.1 Å². The monoisotopic (exact) mass is 551 g/mol. The molecule has 0 aliphatic carbocycles. The first-order valence-electron chi connectivity index (χ1n) is 11.6. The molecule has 1 atom stereocenters. The van der Waals surface area contributed by atoms with Gasteiger partial charge >= 0.3 is 0 Å². The van der Waals surface area contributed by atoms with E-state index in [9.17, 15) is 12.8 Å². The molecule has 0 radical (unpaired) electrons. The second kappa shape index (κ2) is 10.6. The molecule has 0 unspecified atom stereocenters. The summed E-state index contributed by atoms with van der Waals surface area (Å²) in [5, 5.41) is 0.348. The largest absolute Gasteiger partial charge is 0.413 e. The minimum atomic E-state index is -4.30. The third-order valence-electron chi connectivity index (χ3n) is 6.77. The van der Waals surface area contributed by atoms with Crippen molar-refractivity contribution in [1.82, 2.24) is 0 Å². The van der Waals surface area contributed by atoms with Crippen molar-refractivity contribution in [1.29, 1.82) is 0 Å². The van der Waals surface area contributed by atoms with Gasteiger partial charge in [0.05, 0.1) is 23.2 Å². The number of benzene rings is 3. The van der Waals surface area contributed by atoms with Crippen molar-refractivity contribution in [3.05, 3.63) is 94.5 Å². The van der Waals surface area contributed by atoms with E-state index in [0.717, 1.165) is 28.1 Å². The zero-order chi connectivity index (χ0) is 26.9. The van der Waals surface area contributed by atoms with E-state index in [1.165, 1.54) is 24.3 Å². The summed E-state index contributed by atoms with van der Waals surface area (Å²) in [6.07, 6.45) is 0. The Labute approximate surface area is 219 Å². The van der Waals surface area contributed by atoms with Crippen LogP contribution in [0.2, 0.25) is 23.2 Å². The molecule has 0 aromatic heterocycles. The number of halogens is 3. The normalized spacial score (nSPS) is 13.5. The minimum Gasteiger partial charge on any atom is -0.413 e. The van der Waals surface area contributed by atoms with Crippen LogP contribution in [0.1, 0.15) is 44.9 Å². The van der Waals surface area contributed by atoms with Crippen molar-refractivity contribution in [3.63, 3.8) is 0 Å². The van der Waals surface area contributed by atoms with Gasteiger partial charge in [-0.05, 0) is 72.6 Å². The van der Waals surface area contributed by atoms with E-state index >= 15 is 4.39 Å². The Bertz CT molecular complexity index is 1330. The first kappa shape index (κ1) is 28.3. The molecule has 0 heterocycles.